The van der Waals surface area contributed by atoms with Gasteiger partial charge >= 0.3 is 6.36 Å². The second-order valence-electron chi connectivity index (χ2n) is 5.56. The zero-order chi connectivity index (χ0) is 18.7. The van der Waals surface area contributed by atoms with Crippen molar-refractivity contribution in [2.24, 2.45) is 0 Å². The van der Waals surface area contributed by atoms with Crippen LogP contribution < -0.4 is 14.8 Å². The molecule has 0 fully saturated rings. The number of halogens is 4. The van der Waals surface area contributed by atoms with Crippen molar-refractivity contribution < 1.29 is 31.8 Å². The van der Waals surface area contributed by atoms with E-state index in [0.29, 0.717) is 0 Å². The summed E-state index contributed by atoms with van der Waals surface area (Å²) in [6, 6.07) is 10.1. The van der Waals surface area contributed by atoms with Gasteiger partial charge in [0.05, 0.1) is 5.69 Å². The Bertz CT molecular complexity index is 742. The lowest BCUT2D eigenvalue weighted by Crippen LogP contribution is -2.42. The normalized spacial score (nSPS) is 11.8. The quantitative estimate of drug-likeness (QED) is 0.801. The number of benzene rings is 2. The van der Waals surface area contributed by atoms with Crippen molar-refractivity contribution in [2.45, 2.75) is 25.8 Å². The number of carbonyl (C=O) groups excluding carboxylic acids is 1. The summed E-state index contributed by atoms with van der Waals surface area (Å²) in [5, 5.41) is 2.34. The Balaban J connectivity index is 2.14. The highest BCUT2D eigenvalue weighted by molar-refractivity contribution is 5.98. The molecule has 0 spiro atoms. The minimum absolute atomic E-state index is 0.152. The van der Waals surface area contributed by atoms with E-state index in [2.05, 4.69) is 10.1 Å². The Labute approximate surface area is 141 Å². The van der Waals surface area contributed by atoms with E-state index in [-0.39, 0.29) is 11.4 Å². The van der Waals surface area contributed by atoms with Crippen LogP contribution in [-0.4, -0.2) is 17.9 Å². The van der Waals surface area contributed by atoms with Gasteiger partial charge in [0.25, 0.3) is 5.91 Å². The Hall–Kier alpha value is -2.77. The molecule has 2 aromatic carbocycles. The highest BCUT2D eigenvalue weighted by atomic mass is 19.4. The molecule has 0 aliphatic carbocycles. The molecular formula is C17H15F4NO3. The molecule has 8 heteroatoms. The third kappa shape index (κ3) is 5.37. The number of hydrogen-bond acceptors (Lipinski definition) is 3. The zero-order valence-electron chi connectivity index (χ0n) is 13.4. The summed E-state index contributed by atoms with van der Waals surface area (Å²) in [4.78, 5) is 12.4. The molecule has 1 amide bonds. The minimum Gasteiger partial charge on any atom is -0.478 e. The van der Waals surface area contributed by atoms with Crippen molar-refractivity contribution in [1.29, 1.82) is 0 Å². The molecule has 2 rings (SSSR count). The van der Waals surface area contributed by atoms with Crippen LogP contribution in [0.25, 0.3) is 0 Å². The van der Waals surface area contributed by atoms with Gasteiger partial charge in [-0.25, -0.2) is 4.39 Å². The first-order valence-electron chi connectivity index (χ1n) is 7.18. The van der Waals surface area contributed by atoms with E-state index < -0.39 is 29.4 Å². The number of anilines is 1. The van der Waals surface area contributed by atoms with Gasteiger partial charge in [-0.2, -0.15) is 0 Å². The molecule has 0 atom stereocenters. The van der Waals surface area contributed by atoms with Crippen molar-refractivity contribution in [1.82, 2.24) is 0 Å². The number of alkyl halides is 3. The van der Waals surface area contributed by atoms with Gasteiger partial charge in [0.2, 0.25) is 0 Å². The van der Waals surface area contributed by atoms with Crippen LogP contribution in [0, 0.1) is 5.82 Å². The monoisotopic (exact) mass is 357 g/mol. The molecule has 4 nitrogen and oxygen atoms in total. The van der Waals surface area contributed by atoms with Crippen molar-refractivity contribution >= 4 is 11.6 Å². The number of rotatable bonds is 5. The van der Waals surface area contributed by atoms with Gasteiger partial charge in [-0.05, 0) is 50.2 Å². The lowest BCUT2D eigenvalue weighted by molar-refractivity contribution is -0.274. The molecule has 0 bridgehead atoms. The van der Waals surface area contributed by atoms with E-state index in [9.17, 15) is 22.4 Å². The Morgan fingerprint density at radius 2 is 1.56 bits per heavy atom. The topological polar surface area (TPSA) is 47.6 Å². The van der Waals surface area contributed by atoms with Gasteiger partial charge in [-0.1, -0.05) is 12.1 Å². The lowest BCUT2D eigenvalue weighted by Gasteiger charge is -2.26. The third-order valence-corrected chi connectivity index (χ3v) is 3.09. The molecule has 25 heavy (non-hydrogen) atoms. The fraction of sp³-hybridized carbons (Fsp3) is 0.235. The summed E-state index contributed by atoms with van der Waals surface area (Å²) in [6.07, 6.45) is -4.89. The predicted octanol–water partition coefficient (Wildman–Crippen LogP) is 4.52. The molecule has 2 aromatic rings. The first-order chi connectivity index (χ1) is 11.6. The maximum Gasteiger partial charge on any atom is 0.573 e. The summed E-state index contributed by atoms with van der Waals surface area (Å²) >= 11 is 0. The smallest absolute Gasteiger partial charge is 0.478 e. The van der Waals surface area contributed by atoms with E-state index in [1.807, 2.05) is 0 Å². The maximum absolute atomic E-state index is 12.9. The van der Waals surface area contributed by atoms with Gasteiger partial charge < -0.3 is 14.8 Å². The third-order valence-electron chi connectivity index (χ3n) is 3.09. The fourth-order valence-corrected chi connectivity index (χ4v) is 1.90. The van der Waals surface area contributed by atoms with E-state index in [1.165, 1.54) is 44.2 Å². The summed E-state index contributed by atoms with van der Waals surface area (Å²) < 4.78 is 59.5. The van der Waals surface area contributed by atoms with E-state index in [1.54, 1.807) is 0 Å². The van der Waals surface area contributed by atoms with Crippen LogP contribution >= 0.6 is 0 Å². The van der Waals surface area contributed by atoms with Crippen LogP contribution in [0.1, 0.15) is 13.8 Å². The number of hydrogen-bond donors (Lipinski definition) is 1. The molecule has 0 aliphatic heterocycles. The number of amides is 1. The predicted molar refractivity (Wildman–Crippen MR) is 82.9 cm³/mol. The van der Waals surface area contributed by atoms with Crippen molar-refractivity contribution in [3.63, 3.8) is 0 Å². The van der Waals surface area contributed by atoms with Crippen molar-refractivity contribution in [3.05, 3.63) is 54.3 Å². The van der Waals surface area contributed by atoms with Gasteiger partial charge in [-0.3, -0.25) is 4.79 Å². The zero-order valence-corrected chi connectivity index (χ0v) is 13.4. The van der Waals surface area contributed by atoms with E-state index in [0.717, 1.165) is 18.2 Å². The summed E-state index contributed by atoms with van der Waals surface area (Å²) in [5.74, 6) is -1.47. The molecule has 1 N–H and O–H groups in total. The standard InChI is InChI=1S/C17H15F4NO3/c1-16(2,24-12-9-7-11(18)8-10-12)15(23)22-13-5-3-4-6-14(13)25-17(19,20)21/h3-10H,1-2H3,(H,22,23). The number of nitrogens with one attached hydrogen (secondary N) is 1. The molecule has 0 aliphatic rings. The average Bonchev–Trinajstić information content (AvgIpc) is 2.50. The molecule has 134 valence electrons. The molecule has 0 aromatic heterocycles. The fourth-order valence-electron chi connectivity index (χ4n) is 1.90. The lowest BCUT2D eigenvalue weighted by atomic mass is 10.1. The van der Waals surface area contributed by atoms with Crippen molar-refractivity contribution in [3.8, 4) is 11.5 Å². The van der Waals surface area contributed by atoms with Crippen LogP contribution in [-0.2, 0) is 4.79 Å². The average molecular weight is 357 g/mol. The highest BCUT2D eigenvalue weighted by Gasteiger charge is 2.34. The molecule has 0 saturated heterocycles. The second kappa shape index (κ2) is 7.00. The van der Waals surface area contributed by atoms with Gasteiger partial charge in [0, 0.05) is 0 Å². The number of para-hydroxylation sites is 2. The summed E-state index contributed by atoms with van der Waals surface area (Å²) in [6.45, 7) is 2.86. The Morgan fingerprint density at radius 3 is 2.16 bits per heavy atom. The second-order valence-corrected chi connectivity index (χ2v) is 5.56. The number of ether oxygens (including phenoxy) is 2. The molecular weight excluding hydrogens is 342 g/mol. The largest absolute Gasteiger partial charge is 0.573 e. The summed E-state index contributed by atoms with van der Waals surface area (Å²) in [5.41, 5.74) is -1.58. The summed E-state index contributed by atoms with van der Waals surface area (Å²) in [7, 11) is 0. The Morgan fingerprint density at radius 1 is 0.960 bits per heavy atom. The van der Waals surface area contributed by atoms with Crippen LogP contribution in [0.2, 0.25) is 0 Å². The van der Waals surface area contributed by atoms with Gasteiger partial charge in [0.1, 0.15) is 11.6 Å². The van der Waals surface area contributed by atoms with Crippen LogP contribution in [0.5, 0.6) is 11.5 Å². The van der Waals surface area contributed by atoms with Crippen LogP contribution in [0.3, 0.4) is 0 Å². The van der Waals surface area contributed by atoms with E-state index in [4.69, 9.17) is 4.74 Å². The van der Waals surface area contributed by atoms with Gasteiger partial charge in [-0.15, -0.1) is 13.2 Å². The molecule has 0 radical (unpaired) electrons. The molecule has 0 saturated carbocycles. The first-order valence-corrected chi connectivity index (χ1v) is 7.18. The minimum atomic E-state index is -4.89. The van der Waals surface area contributed by atoms with Gasteiger partial charge in [0.15, 0.2) is 11.4 Å². The van der Waals surface area contributed by atoms with Crippen LogP contribution in [0.4, 0.5) is 23.2 Å². The van der Waals surface area contributed by atoms with Crippen LogP contribution in [0.15, 0.2) is 48.5 Å². The maximum atomic E-state index is 12.9. The number of carbonyl (C=O) groups is 1. The first kappa shape index (κ1) is 18.6. The van der Waals surface area contributed by atoms with Crippen molar-refractivity contribution in [2.75, 3.05) is 5.32 Å². The molecule has 0 heterocycles. The molecule has 0 unspecified atom stereocenters. The Kier molecular flexibility index (Phi) is 5.20. The SMILES string of the molecule is CC(C)(Oc1ccc(F)cc1)C(=O)Nc1ccccc1OC(F)(F)F. The van der Waals surface area contributed by atoms with E-state index >= 15 is 0 Å². The highest BCUT2D eigenvalue weighted by Crippen LogP contribution is 2.31.